The number of ether oxygens (including phenoxy) is 4. The van der Waals surface area contributed by atoms with Crippen LogP contribution in [0.25, 0.3) is 0 Å². The maximum absolute atomic E-state index is 12.7. The van der Waals surface area contributed by atoms with E-state index in [-0.39, 0.29) is 13.2 Å². The third-order valence-electron chi connectivity index (χ3n) is 5.42. The van der Waals surface area contributed by atoms with Crippen molar-refractivity contribution in [3.63, 3.8) is 0 Å². The van der Waals surface area contributed by atoms with E-state index in [4.69, 9.17) is 36.2 Å². The molecule has 0 radical (unpaired) electrons. The van der Waals surface area contributed by atoms with Gasteiger partial charge in [-0.3, -0.25) is 4.79 Å². The van der Waals surface area contributed by atoms with Crippen molar-refractivity contribution >= 4 is 11.9 Å². The zero-order valence-corrected chi connectivity index (χ0v) is 19.3. The summed E-state index contributed by atoms with van der Waals surface area (Å²) in [7, 11) is 1.09. The van der Waals surface area contributed by atoms with Crippen LogP contribution in [0.5, 0.6) is 5.75 Å². The molecule has 1 amide bonds. The Morgan fingerprint density at radius 3 is 2.60 bits per heavy atom. The summed E-state index contributed by atoms with van der Waals surface area (Å²) < 4.78 is 21.9. The van der Waals surface area contributed by atoms with Gasteiger partial charge in [0.05, 0.1) is 38.6 Å². The van der Waals surface area contributed by atoms with Crippen LogP contribution in [-0.2, 0) is 30.4 Å². The van der Waals surface area contributed by atoms with E-state index in [1.54, 1.807) is 24.3 Å². The number of carbonyl (C=O) groups excluding carboxylic acids is 2. The first-order valence-electron chi connectivity index (χ1n) is 10.9. The molecule has 12 nitrogen and oxygen atoms in total. The van der Waals surface area contributed by atoms with Gasteiger partial charge < -0.3 is 50.4 Å². The largest absolute Gasteiger partial charge is 0.493 e. The average Bonchev–Trinajstić information content (AvgIpc) is 2.88. The number of benzene rings is 1. The lowest BCUT2D eigenvalue weighted by Crippen LogP contribution is -2.68. The molecule has 6 atom stereocenters. The van der Waals surface area contributed by atoms with Crippen LogP contribution in [0.3, 0.4) is 0 Å². The average molecular weight is 497 g/mol. The van der Waals surface area contributed by atoms with Gasteiger partial charge in [0.25, 0.3) is 5.79 Å². The van der Waals surface area contributed by atoms with E-state index in [1.165, 1.54) is 0 Å². The lowest BCUT2D eigenvalue weighted by molar-refractivity contribution is -0.315. The van der Waals surface area contributed by atoms with Crippen LogP contribution in [0.2, 0.25) is 0 Å². The second kappa shape index (κ2) is 13.4. The summed E-state index contributed by atoms with van der Waals surface area (Å²) in [4.78, 5) is 24.5. The Kier molecular flexibility index (Phi) is 10.9. The van der Waals surface area contributed by atoms with Gasteiger partial charge in [0.1, 0.15) is 24.6 Å². The summed E-state index contributed by atoms with van der Waals surface area (Å²) in [5, 5.41) is 42.8. The molecule has 1 aromatic rings. The second-order valence-corrected chi connectivity index (χ2v) is 7.88. The molecule has 1 aliphatic rings. The predicted octanol–water partition coefficient (Wildman–Crippen LogP) is -2.22. The van der Waals surface area contributed by atoms with Crippen molar-refractivity contribution < 1.29 is 49.0 Å². The van der Waals surface area contributed by atoms with Crippen LogP contribution in [0.15, 0.2) is 24.3 Å². The molecular formula is C23H32N2O10. The van der Waals surface area contributed by atoms with Gasteiger partial charge in [-0.05, 0) is 17.7 Å². The Morgan fingerprint density at radius 2 is 2.03 bits per heavy atom. The summed E-state index contributed by atoms with van der Waals surface area (Å²) in [6, 6.07) is 5.43. The number of methoxy groups -OCH3 is 1. The minimum Gasteiger partial charge on any atom is -0.493 e. The number of carbonyl (C=O) groups is 2. The smallest absolute Gasteiger partial charge is 0.366 e. The molecule has 1 fully saturated rings. The summed E-state index contributed by atoms with van der Waals surface area (Å²) in [6.45, 7) is -1.08. The molecule has 0 spiro atoms. The first-order valence-corrected chi connectivity index (χ1v) is 10.9. The van der Waals surface area contributed by atoms with E-state index >= 15 is 0 Å². The van der Waals surface area contributed by atoms with E-state index < -0.39 is 61.1 Å². The molecule has 0 aromatic heterocycles. The molecule has 0 aliphatic carbocycles. The van der Waals surface area contributed by atoms with Crippen LogP contribution in [0, 0.1) is 12.3 Å². The number of aliphatic hydroxyl groups is 4. The third kappa shape index (κ3) is 7.36. The molecule has 0 saturated carbocycles. The predicted molar refractivity (Wildman–Crippen MR) is 121 cm³/mol. The molecule has 1 heterocycles. The van der Waals surface area contributed by atoms with Crippen molar-refractivity contribution in [2.45, 2.75) is 55.7 Å². The maximum atomic E-state index is 12.7. The highest BCUT2D eigenvalue weighted by atomic mass is 16.7. The Labute approximate surface area is 202 Å². The topological polar surface area (TPSA) is 190 Å². The fourth-order valence-electron chi connectivity index (χ4n) is 3.56. The number of rotatable bonds is 12. The van der Waals surface area contributed by atoms with Gasteiger partial charge in [-0.2, -0.15) is 0 Å². The molecule has 1 aliphatic heterocycles. The number of nitrogens with one attached hydrogen (secondary N) is 1. The first kappa shape index (κ1) is 28.5. The first-order chi connectivity index (χ1) is 16.7. The molecule has 35 heavy (non-hydrogen) atoms. The number of aliphatic hydroxyl groups excluding tert-OH is 4. The van der Waals surface area contributed by atoms with Gasteiger partial charge in [0, 0.05) is 19.4 Å². The van der Waals surface area contributed by atoms with Crippen molar-refractivity contribution in [1.82, 2.24) is 5.32 Å². The molecule has 7 N–H and O–H groups in total. The summed E-state index contributed by atoms with van der Waals surface area (Å²) in [6.07, 6.45) is -1.11. The van der Waals surface area contributed by atoms with Gasteiger partial charge in [0.2, 0.25) is 5.91 Å². The molecule has 1 saturated heterocycles. The van der Waals surface area contributed by atoms with Gasteiger partial charge in [0.15, 0.2) is 0 Å². The second-order valence-electron chi connectivity index (χ2n) is 7.88. The van der Waals surface area contributed by atoms with Crippen LogP contribution >= 0.6 is 0 Å². The standard InChI is InChI=1S/C23H32N2O10/c1-3-4-9-33-15-7-5-14(6-8-15)13-34-23(22(31)32-2)10-16(27)19(25-18(29)12-26)21(35-23)20(30)17(28)11-24/h1,5-8,16-17,19-21,26-28,30H,4,9-13,24H2,2H3,(H,25,29)/t16-,17+,19?,20+,21+,23+/m0/s1. The number of amides is 1. The zero-order chi connectivity index (χ0) is 26.0. The van der Waals surface area contributed by atoms with Crippen molar-refractivity contribution in [3.05, 3.63) is 29.8 Å². The van der Waals surface area contributed by atoms with Crippen LogP contribution in [0.4, 0.5) is 0 Å². The van der Waals surface area contributed by atoms with E-state index in [9.17, 15) is 24.9 Å². The molecule has 1 aromatic carbocycles. The molecule has 2 rings (SSSR count). The number of terminal acetylenes is 1. The highest BCUT2D eigenvalue weighted by Crippen LogP contribution is 2.35. The Hall–Kier alpha value is -2.76. The Bertz CT molecular complexity index is 874. The van der Waals surface area contributed by atoms with Crippen molar-refractivity contribution in [2.24, 2.45) is 5.73 Å². The minimum absolute atomic E-state index is 0.164. The fourth-order valence-corrected chi connectivity index (χ4v) is 3.56. The maximum Gasteiger partial charge on any atom is 0.366 e. The Morgan fingerprint density at radius 1 is 1.34 bits per heavy atom. The summed E-state index contributed by atoms with van der Waals surface area (Å²) in [5.41, 5.74) is 6.04. The fraction of sp³-hybridized carbons (Fsp3) is 0.565. The lowest BCUT2D eigenvalue weighted by Gasteiger charge is -2.47. The summed E-state index contributed by atoms with van der Waals surface area (Å²) >= 11 is 0. The highest BCUT2D eigenvalue weighted by molar-refractivity contribution is 5.79. The van der Waals surface area contributed by atoms with Gasteiger partial charge in [-0.25, -0.2) is 4.79 Å². The third-order valence-corrected chi connectivity index (χ3v) is 5.42. The quantitative estimate of drug-likeness (QED) is 0.104. The number of hydrogen-bond donors (Lipinski definition) is 6. The van der Waals surface area contributed by atoms with Crippen LogP contribution in [0.1, 0.15) is 18.4 Å². The SMILES string of the molecule is C#CCCOc1ccc(CO[C@]2(C(=O)OC)C[C@H](O)C(NC(=O)CO)[C@H]([C@H](O)[C@H](O)CN)O2)cc1. The van der Waals surface area contributed by atoms with Crippen LogP contribution < -0.4 is 15.8 Å². The summed E-state index contributed by atoms with van der Waals surface area (Å²) in [5.74, 6) is -1.00. The number of esters is 1. The lowest BCUT2D eigenvalue weighted by atomic mass is 9.88. The number of hydrogen-bond acceptors (Lipinski definition) is 11. The van der Waals surface area contributed by atoms with Gasteiger partial charge in [-0.15, -0.1) is 12.3 Å². The minimum atomic E-state index is -2.18. The molecule has 0 bridgehead atoms. The number of nitrogens with two attached hydrogens (primary N) is 1. The molecular weight excluding hydrogens is 464 g/mol. The van der Waals surface area contributed by atoms with E-state index in [0.29, 0.717) is 24.3 Å². The zero-order valence-electron chi connectivity index (χ0n) is 19.3. The van der Waals surface area contributed by atoms with Crippen molar-refractivity contribution in [3.8, 4) is 18.1 Å². The molecule has 194 valence electrons. The van der Waals surface area contributed by atoms with Crippen LogP contribution in [-0.4, -0.2) is 95.4 Å². The molecule has 1 unspecified atom stereocenters. The molecule has 12 heteroatoms. The van der Waals surface area contributed by atoms with Crippen molar-refractivity contribution in [2.75, 3.05) is 26.9 Å². The van der Waals surface area contributed by atoms with E-state index in [2.05, 4.69) is 11.2 Å². The van der Waals surface area contributed by atoms with E-state index in [0.717, 1.165) is 7.11 Å². The van der Waals surface area contributed by atoms with Gasteiger partial charge in [-0.1, -0.05) is 12.1 Å². The van der Waals surface area contributed by atoms with Crippen molar-refractivity contribution in [1.29, 1.82) is 0 Å². The van der Waals surface area contributed by atoms with E-state index in [1.807, 2.05) is 0 Å². The Balaban J connectivity index is 2.26. The highest BCUT2D eigenvalue weighted by Gasteiger charge is 2.56. The van der Waals surface area contributed by atoms with Gasteiger partial charge >= 0.3 is 5.97 Å². The monoisotopic (exact) mass is 496 g/mol. The normalized spacial score (nSPS) is 25.7.